The summed E-state index contributed by atoms with van der Waals surface area (Å²) in [4.78, 5) is 6.77. The summed E-state index contributed by atoms with van der Waals surface area (Å²) in [5.74, 6) is 0. The van der Waals surface area contributed by atoms with Crippen molar-refractivity contribution in [3.63, 3.8) is 0 Å². The third-order valence-electron chi connectivity index (χ3n) is 2.38. The molecule has 1 saturated heterocycles. The standard InChI is InChI=1S/C10H17N3OS/c1-9-7-15-10(12-9)6-11-8-13-2-4-14-5-3-13/h7,11H,2-6,8H2,1H3. The summed E-state index contributed by atoms with van der Waals surface area (Å²) in [6.07, 6.45) is 0. The van der Waals surface area contributed by atoms with E-state index in [4.69, 9.17) is 4.74 Å². The first-order chi connectivity index (χ1) is 7.34. The van der Waals surface area contributed by atoms with Crippen LogP contribution < -0.4 is 5.32 Å². The highest BCUT2D eigenvalue weighted by Crippen LogP contribution is 2.07. The molecule has 84 valence electrons. The first kappa shape index (κ1) is 11.0. The van der Waals surface area contributed by atoms with E-state index in [1.54, 1.807) is 11.3 Å². The van der Waals surface area contributed by atoms with E-state index in [-0.39, 0.29) is 0 Å². The van der Waals surface area contributed by atoms with Crippen molar-refractivity contribution in [1.29, 1.82) is 0 Å². The molecule has 0 unspecified atom stereocenters. The molecule has 1 aromatic heterocycles. The van der Waals surface area contributed by atoms with Gasteiger partial charge in [0, 0.05) is 37.4 Å². The fourth-order valence-corrected chi connectivity index (χ4v) is 2.31. The minimum Gasteiger partial charge on any atom is -0.379 e. The van der Waals surface area contributed by atoms with Crippen LogP contribution in [-0.2, 0) is 11.3 Å². The van der Waals surface area contributed by atoms with Crippen molar-refractivity contribution < 1.29 is 4.74 Å². The third-order valence-corrected chi connectivity index (χ3v) is 3.35. The number of hydrogen-bond donors (Lipinski definition) is 1. The molecule has 1 aliphatic heterocycles. The van der Waals surface area contributed by atoms with Gasteiger partial charge in [0.2, 0.25) is 0 Å². The maximum Gasteiger partial charge on any atom is 0.107 e. The summed E-state index contributed by atoms with van der Waals surface area (Å²) in [5, 5.41) is 6.66. The lowest BCUT2D eigenvalue weighted by atomic mass is 10.4. The van der Waals surface area contributed by atoms with Gasteiger partial charge in [-0.3, -0.25) is 10.2 Å². The number of ether oxygens (including phenoxy) is 1. The first-order valence-electron chi connectivity index (χ1n) is 5.26. The van der Waals surface area contributed by atoms with Crippen LogP contribution in [0, 0.1) is 6.92 Å². The Morgan fingerprint density at radius 3 is 3.00 bits per heavy atom. The lowest BCUT2D eigenvalue weighted by Crippen LogP contribution is -2.41. The van der Waals surface area contributed by atoms with E-state index < -0.39 is 0 Å². The number of aromatic nitrogens is 1. The maximum absolute atomic E-state index is 5.29. The average Bonchev–Trinajstić information content (AvgIpc) is 2.66. The molecule has 4 nitrogen and oxygen atoms in total. The van der Waals surface area contributed by atoms with Crippen LogP contribution in [0.5, 0.6) is 0 Å². The van der Waals surface area contributed by atoms with Crippen molar-refractivity contribution in [2.45, 2.75) is 13.5 Å². The van der Waals surface area contributed by atoms with Gasteiger partial charge in [-0.25, -0.2) is 4.98 Å². The van der Waals surface area contributed by atoms with Gasteiger partial charge in [-0.15, -0.1) is 11.3 Å². The van der Waals surface area contributed by atoms with Crippen molar-refractivity contribution in [2.75, 3.05) is 33.0 Å². The van der Waals surface area contributed by atoms with Gasteiger partial charge in [-0.1, -0.05) is 0 Å². The molecule has 0 amide bonds. The van der Waals surface area contributed by atoms with Gasteiger partial charge < -0.3 is 4.74 Å². The quantitative estimate of drug-likeness (QED) is 0.827. The Bertz CT molecular complexity index is 297. The molecule has 0 saturated carbocycles. The van der Waals surface area contributed by atoms with E-state index in [2.05, 4.69) is 20.6 Å². The van der Waals surface area contributed by atoms with E-state index in [0.717, 1.165) is 45.2 Å². The molecule has 5 heteroatoms. The lowest BCUT2D eigenvalue weighted by molar-refractivity contribution is 0.0340. The van der Waals surface area contributed by atoms with Crippen LogP contribution in [0.3, 0.4) is 0 Å². The van der Waals surface area contributed by atoms with Gasteiger partial charge in [0.05, 0.1) is 13.2 Å². The third kappa shape index (κ3) is 3.53. The number of thiazole rings is 1. The maximum atomic E-state index is 5.29. The van der Waals surface area contributed by atoms with Crippen molar-refractivity contribution in [3.8, 4) is 0 Å². The number of hydrogen-bond acceptors (Lipinski definition) is 5. The van der Waals surface area contributed by atoms with E-state index in [1.165, 1.54) is 5.01 Å². The molecule has 2 heterocycles. The van der Waals surface area contributed by atoms with Crippen LogP contribution in [0.25, 0.3) is 0 Å². The molecule has 0 bridgehead atoms. The van der Waals surface area contributed by atoms with Gasteiger partial charge in [0.1, 0.15) is 5.01 Å². The molecule has 0 radical (unpaired) electrons. The molecule has 0 aromatic carbocycles. The monoisotopic (exact) mass is 227 g/mol. The number of aryl methyl sites for hydroxylation is 1. The highest BCUT2D eigenvalue weighted by Gasteiger charge is 2.09. The predicted molar refractivity (Wildman–Crippen MR) is 60.9 cm³/mol. The van der Waals surface area contributed by atoms with Gasteiger partial charge >= 0.3 is 0 Å². The van der Waals surface area contributed by atoms with E-state index in [1.807, 2.05) is 6.92 Å². The zero-order chi connectivity index (χ0) is 10.5. The Kier molecular flexibility index (Phi) is 4.08. The Balaban J connectivity index is 1.65. The van der Waals surface area contributed by atoms with E-state index >= 15 is 0 Å². The Morgan fingerprint density at radius 2 is 2.33 bits per heavy atom. The largest absolute Gasteiger partial charge is 0.379 e. The average molecular weight is 227 g/mol. The highest BCUT2D eigenvalue weighted by molar-refractivity contribution is 7.09. The summed E-state index contributed by atoms with van der Waals surface area (Å²) in [6, 6.07) is 0. The first-order valence-corrected chi connectivity index (χ1v) is 6.14. The molecule has 0 aliphatic carbocycles. The molecule has 15 heavy (non-hydrogen) atoms. The van der Waals surface area contributed by atoms with E-state index in [9.17, 15) is 0 Å². The summed E-state index contributed by atoms with van der Waals surface area (Å²) < 4.78 is 5.29. The minimum atomic E-state index is 0.859. The normalized spacial score (nSPS) is 18.2. The zero-order valence-corrected chi connectivity index (χ0v) is 9.85. The topological polar surface area (TPSA) is 37.4 Å². The summed E-state index contributed by atoms with van der Waals surface area (Å²) in [7, 11) is 0. The second-order valence-electron chi connectivity index (χ2n) is 3.70. The van der Waals surface area contributed by atoms with Gasteiger partial charge in [0.15, 0.2) is 0 Å². The summed E-state index contributed by atoms with van der Waals surface area (Å²) in [5.41, 5.74) is 1.11. The number of morpholine rings is 1. The van der Waals surface area contributed by atoms with Gasteiger partial charge in [-0.05, 0) is 6.92 Å². The van der Waals surface area contributed by atoms with Crippen LogP contribution in [0.2, 0.25) is 0 Å². The van der Waals surface area contributed by atoms with Gasteiger partial charge in [-0.2, -0.15) is 0 Å². The lowest BCUT2D eigenvalue weighted by Gasteiger charge is -2.26. The Hall–Kier alpha value is -0.490. The highest BCUT2D eigenvalue weighted by atomic mass is 32.1. The molecular weight excluding hydrogens is 210 g/mol. The van der Waals surface area contributed by atoms with Crippen molar-refractivity contribution in [3.05, 3.63) is 16.1 Å². The van der Waals surface area contributed by atoms with E-state index in [0.29, 0.717) is 0 Å². The predicted octanol–water partition coefficient (Wildman–Crippen LogP) is 0.831. The number of nitrogens with zero attached hydrogens (tertiary/aromatic N) is 2. The smallest absolute Gasteiger partial charge is 0.107 e. The fourth-order valence-electron chi connectivity index (χ4n) is 1.56. The van der Waals surface area contributed by atoms with Crippen molar-refractivity contribution in [1.82, 2.24) is 15.2 Å². The number of nitrogens with one attached hydrogen (secondary N) is 1. The molecule has 1 N–H and O–H groups in total. The molecule has 1 aliphatic rings. The van der Waals surface area contributed by atoms with Crippen LogP contribution in [0.1, 0.15) is 10.7 Å². The Morgan fingerprint density at radius 1 is 1.53 bits per heavy atom. The van der Waals surface area contributed by atoms with Gasteiger partial charge in [0.25, 0.3) is 0 Å². The molecule has 0 spiro atoms. The molecular formula is C10H17N3OS. The second-order valence-corrected chi connectivity index (χ2v) is 4.64. The zero-order valence-electron chi connectivity index (χ0n) is 9.03. The minimum absolute atomic E-state index is 0.859. The molecule has 1 aromatic rings. The summed E-state index contributed by atoms with van der Waals surface area (Å²) >= 11 is 1.72. The SMILES string of the molecule is Cc1csc(CNCN2CCOCC2)n1. The molecule has 1 fully saturated rings. The Labute approximate surface area is 94.3 Å². The van der Waals surface area contributed by atoms with Crippen LogP contribution in [0.4, 0.5) is 0 Å². The fraction of sp³-hybridized carbons (Fsp3) is 0.700. The van der Waals surface area contributed by atoms with Crippen LogP contribution in [0.15, 0.2) is 5.38 Å². The summed E-state index contributed by atoms with van der Waals surface area (Å²) in [6.45, 7) is 7.61. The number of rotatable bonds is 4. The van der Waals surface area contributed by atoms with Crippen molar-refractivity contribution in [2.24, 2.45) is 0 Å². The van der Waals surface area contributed by atoms with Crippen LogP contribution >= 0.6 is 11.3 Å². The second kappa shape index (κ2) is 5.55. The molecule has 2 rings (SSSR count). The van der Waals surface area contributed by atoms with Crippen LogP contribution in [-0.4, -0.2) is 42.9 Å². The molecule has 0 atom stereocenters. The van der Waals surface area contributed by atoms with Crippen molar-refractivity contribution >= 4 is 11.3 Å².